The lowest BCUT2D eigenvalue weighted by atomic mass is 10.1. The third-order valence-corrected chi connectivity index (χ3v) is 5.42. The number of hydrogen-bond acceptors (Lipinski definition) is 6. The maximum atomic E-state index is 12.1. The number of rotatable bonds is 8. The van der Waals surface area contributed by atoms with Gasteiger partial charge in [-0.25, -0.2) is 32.6 Å². The van der Waals surface area contributed by atoms with Crippen LogP contribution in [0.5, 0.6) is 0 Å². The fraction of sp³-hybridized carbons (Fsp3) is 0.222. The first-order chi connectivity index (χ1) is 14.0. The van der Waals surface area contributed by atoms with Gasteiger partial charge in [-0.05, 0) is 24.2 Å². The van der Waals surface area contributed by atoms with E-state index in [9.17, 15) is 13.2 Å². The second-order valence-corrected chi connectivity index (χ2v) is 8.07. The summed E-state index contributed by atoms with van der Waals surface area (Å²) in [4.78, 5) is 20.3. The van der Waals surface area contributed by atoms with E-state index in [0.29, 0.717) is 17.9 Å². The van der Waals surface area contributed by atoms with Crippen LogP contribution in [0, 0.1) is 0 Å². The van der Waals surface area contributed by atoms with Crippen molar-refractivity contribution >= 4 is 16.1 Å². The van der Waals surface area contributed by atoms with E-state index < -0.39 is 10.0 Å². The molecule has 0 unspecified atom stereocenters. The van der Waals surface area contributed by atoms with Crippen LogP contribution in [0.15, 0.2) is 55.2 Å². The lowest BCUT2D eigenvalue weighted by molar-refractivity contribution is 0.240. The largest absolute Gasteiger partial charge is 0.334 e. The molecule has 0 saturated carbocycles. The van der Waals surface area contributed by atoms with Crippen LogP contribution >= 0.6 is 0 Å². The zero-order valence-electron chi connectivity index (χ0n) is 15.7. The molecule has 3 N–H and O–H groups in total. The van der Waals surface area contributed by atoms with Crippen LogP contribution in [0.25, 0.3) is 5.82 Å². The zero-order valence-corrected chi connectivity index (χ0v) is 16.6. The Kier molecular flexibility index (Phi) is 6.52. The summed E-state index contributed by atoms with van der Waals surface area (Å²) in [5, 5.41) is 9.61. The van der Waals surface area contributed by atoms with E-state index in [-0.39, 0.29) is 18.3 Å². The highest BCUT2D eigenvalue weighted by Gasteiger charge is 2.10. The Hall–Kier alpha value is -3.31. The molecule has 11 heteroatoms. The fourth-order valence-corrected chi connectivity index (χ4v) is 3.33. The van der Waals surface area contributed by atoms with Crippen LogP contribution in [0.4, 0.5) is 4.79 Å². The second-order valence-electron chi connectivity index (χ2n) is 6.14. The van der Waals surface area contributed by atoms with Crippen molar-refractivity contribution in [3.8, 4) is 5.82 Å². The molecule has 0 spiro atoms. The number of aromatic nitrogens is 4. The summed E-state index contributed by atoms with van der Waals surface area (Å²) < 4.78 is 26.9. The molecule has 0 aliphatic rings. The Labute approximate surface area is 168 Å². The molecule has 2 amide bonds. The summed E-state index contributed by atoms with van der Waals surface area (Å²) in [6, 6.07) is 10.3. The van der Waals surface area contributed by atoms with E-state index in [1.807, 2.05) is 6.07 Å². The molecule has 2 heterocycles. The molecule has 0 bridgehead atoms. The standard InChI is InChI=1S/C18H21N7O3S/c1-19-29(27,28)11-15-6-4-14(5-7-15)9-22-18(26)23-10-16-3-2-8-21-17(16)25-13-20-12-24-25/h2-8,12-13,19H,9-11H2,1H3,(H2,22,23,26). The number of amides is 2. The fourth-order valence-electron chi connectivity index (χ4n) is 2.56. The monoisotopic (exact) mass is 415 g/mol. The first-order valence-electron chi connectivity index (χ1n) is 8.76. The summed E-state index contributed by atoms with van der Waals surface area (Å²) in [5.74, 6) is 0.508. The normalized spacial score (nSPS) is 11.2. The summed E-state index contributed by atoms with van der Waals surface area (Å²) in [6.45, 7) is 0.587. The molecule has 1 aromatic carbocycles. The second kappa shape index (κ2) is 9.26. The van der Waals surface area contributed by atoms with E-state index in [0.717, 1.165) is 11.1 Å². The van der Waals surface area contributed by atoms with Crippen molar-refractivity contribution in [2.24, 2.45) is 0 Å². The van der Waals surface area contributed by atoms with Crippen LogP contribution < -0.4 is 15.4 Å². The molecule has 2 aromatic heterocycles. The number of hydrogen-bond donors (Lipinski definition) is 3. The van der Waals surface area contributed by atoms with Gasteiger partial charge in [-0.15, -0.1) is 0 Å². The Morgan fingerprint density at radius 1 is 1.07 bits per heavy atom. The molecule has 10 nitrogen and oxygen atoms in total. The van der Waals surface area contributed by atoms with Gasteiger partial charge in [-0.1, -0.05) is 30.3 Å². The Morgan fingerprint density at radius 3 is 2.48 bits per heavy atom. The summed E-state index contributed by atoms with van der Waals surface area (Å²) in [7, 11) is -1.93. The van der Waals surface area contributed by atoms with Gasteiger partial charge in [-0.3, -0.25) is 0 Å². The Balaban J connectivity index is 1.51. The quantitative estimate of drug-likeness (QED) is 0.497. The highest BCUT2D eigenvalue weighted by molar-refractivity contribution is 7.88. The zero-order chi connectivity index (χ0) is 20.7. The summed E-state index contributed by atoms with van der Waals surface area (Å²) in [5.41, 5.74) is 2.32. The number of benzene rings is 1. The minimum Gasteiger partial charge on any atom is -0.334 e. The topological polar surface area (TPSA) is 131 Å². The molecule has 152 valence electrons. The third kappa shape index (κ3) is 5.83. The molecular weight excluding hydrogens is 394 g/mol. The number of carbonyl (C=O) groups is 1. The van der Waals surface area contributed by atoms with Crippen molar-refractivity contribution < 1.29 is 13.2 Å². The molecule has 0 aliphatic heterocycles. The first-order valence-corrected chi connectivity index (χ1v) is 10.4. The van der Waals surface area contributed by atoms with Crippen molar-refractivity contribution in [1.82, 2.24) is 35.1 Å². The van der Waals surface area contributed by atoms with Gasteiger partial charge >= 0.3 is 6.03 Å². The minimum absolute atomic E-state index is 0.0864. The van der Waals surface area contributed by atoms with Crippen LogP contribution in [-0.4, -0.2) is 41.2 Å². The number of pyridine rings is 1. The van der Waals surface area contributed by atoms with Crippen molar-refractivity contribution in [3.63, 3.8) is 0 Å². The van der Waals surface area contributed by atoms with Crippen molar-refractivity contribution in [1.29, 1.82) is 0 Å². The lowest BCUT2D eigenvalue weighted by Crippen LogP contribution is -2.34. The minimum atomic E-state index is -3.31. The van der Waals surface area contributed by atoms with Crippen LogP contribution in [-0.2, 0) is 28.9 Å². The maximum Gasteiger partial charge on any atom is 0.315 e. The van der Waals surface area contributed by atoms with Crippen molar-refractivity contribution in [3.05, 3.63) is 71.9 Å². The molecule has 0 atom stereocenters. The molecule has 29 heavy (non-hydrogen) atoms. The van der Waals surface area contributed by atoms with Crippen LogP contribution in [0.1, 0.15) is 16.7 Å². The van der Waals surface area contributed by atoms with Crippen molar-refractivity contribution in [2.45, 2.75) is 18.8 Å². The van der Waals surface area contributed by atoms with Gasteiger partial charge in [0.25, 0.3) is 0 Å². The molecule has 0 saturated heterocycles. The van der Waals surface area contributed by atoms with E-state index in [4.69, 9.17) is 0 Å². The smallest absolute Gasteiger partial charge is 0.315 e. The van der Waals surface area contributed by atoms with Gasteiger partial charge in [0.1, 0.15) is 12.7 Å². The molecule has 0 radical (unpaired) electrons. The van der Waals surface area contributed by atoms with Gasteiger partial charge in [0.05, 0.1) is 5.75 Å². The highest BCUT2D eigenvalue weighted by atomic mass is 32.2. The van der Waals surface area contributed by atoms with Gasteiger partial charge in [0.15, 0.2) is 5.82 Å². The summed E-state index contributed by atoms with van der Waals surface area (Å²) >= 11 is 0. The molecule has 3 rings (SSSR count). The van der Waals surface area contributed by atoms with Gasteiger partial charge in [-0.2, -0.15) is 5.10 Å². The predicted molar refractivity (Wildman–Crippen MR) is 106 cm³/mol. The van der Waals surface area contributed by atoms with E-state index in [1.165, 1.54) is 24.4 Å². The first kappa shape index (κ1) is 20.4. The number of nitrogens with one attached hydrogen (secondary N) is 3. The average molecular weight is 415 g/mol. The van der Waals surface area contributed by atoms with Gasteiger partial charge < -0.3 is 10.6 Å². The summed E-state index contributed by atoms with van der Waals surface area (Å²) in [6.07, 6.45) is 4.60. The Morgan fingerprint density at radius 2 is 1.79 bits per heavy atom. The van der Waals surface area contributed by atoms with E-state index >= 15 is 0 Å². The molecule has 0 fully saturated rings. The van der Waals surface area contributed by atoms with E-state index in [1.54, 1.807) is 36.5 Å². The SMILES string of the molecule is CNS(=O)(=O)Cc1ccc(CNC(=O)NCc2cccnc2-n2cncn2)cc1. The third-order valence-electron chi connectivity index (χ3n) is 4.09. The maximum absolute atomic E-state index is 12.1. The lowest BCUT2D eigenvalue weighted by Gasteiger charge is -2.11. The number of nitrogens with zero attached hydrogens (tertiary/aromatic N) is 4. The highest BCUT2D eigenvalue weighted by Crippen LogP contribution is 2.10. The molecule has 0 aliphatic carbocycles. The molecule has 3 aromatic rings. The van der Waals surface area contributed by atoms with Gasteiger partial charge in [0, 0.05) is 24.8 Å². The average Bonchev–Trinajstić information content (AvgIpc) is 3.26. The number of sulfonamides is 1. The van der Waals surface area contributed by atoms with E-state index in [2.05, 4.69) is 30.4 Å². The number of urea groups is 1. The number of carbonyl (C=O) groups excluding carboxylic acids is 1. The predicted octanol–water partition coefficient (Wildman–Crippen LogP) is 0.711. The van der Waals surface area contributed by atoms with Crippen molar-refractivity contribution in [2.75, 3.05) is 7.05 Å². The molecular formula is C18H21N7O3S. The van der Waals surface area contributed by atoms with Crippen LogP contribution in [0.3, 0.4) is 0 Å². The Bertz CT molecular complexity index is 1050. The van der Waals surface area contributed by atoms with Gasteiger partial charge in [0.2, 0.25) is 10.0 Å². The van der Waals surface area contributed by atoms with Crippen LogP contribution in [0.2, 0.25) is 0 Å².